The van der Waals surface area contributed by atoms with E-state index in [9.17, 15) is 0 Å². The summed E-state index contributed by atoms with van der Waals surface area (Å²) in [5.74, 6) is 0. The van der Waals surface area contributed by atoms with Crippen LogP contribution in [0.5, 0.6) is 0 Å². The molecule has 0 amide bonds. The number of rotatable bonds is 4. The number of hydrogen-bond donors (Lipinski definition) is 2. The summed E-state index contributed by atoms with van der Waals surface area (Å²) in [7, 11) is 0. The molecule has 2 nitrogen and oxygen atoms in total. The number of allylic oxidation sites excluding steroid dienone is 1. The Morgan fingerprint density at radius 2 is 2.27 bits per heavy atom. The molecular formula is C13H18N2. The van der Waals surface area contributed by atoms with Crippen LogP contribution in [0.3, 0.4) is 0 Å². The fourth-order valence-corrected chi connectivity index (χ4v) is 1.98. The van der Waals surface area contributed by atoms with Gasteiger partial charge < -0.3 is 11.1 Å². The normalized spacial score (nSPS) is 15.1. The SMILES string of the molecule is Nc1cccc(NCCC2=CCCC2)c1. The van der Waals surface area contributed by atoms with Crippen LogP contribution in [0.25, 0.3) is 0 Å². The molecular weight excluding hydrogens is 184 g/mol. The van der Waals surface area contributed by atoms with Gasteiger partial charge in [-0.25, -0.2) is 0 Å². The van der Waals surface area contributed by atoms with Crippen molar-refractivity contribution in [1.29, 1.82) is 0 Å². The van der Waals surface area contributed by atoms with E-state index in [4.69, 9.17) is 5.73 Å². The van der Waals surface area contributed by atoms with Crippen LogP contribution >= 0.6 is 0 Å². The summed E-state index contributed by atoms with van der Waals surface area (Å²) in [4.78, 5) is 0. The number of nitrogens with two attached hydrogens (primary N) is 1. The Balaban J connectivity index is 1.78. The van der Waals surface area contributed by atoms with E-state index < -0.39 is 0 Å². The molecule has 0 fully saturated rings. The highest BCUT2D eigenvalue weighted by atomic mass is 14.9. The monoisotopic (exact) mass is 202 g/mol. The molecule has 0 atom stereocenters. The van der Waals surface area contributed by atoms with Gasteiger partial charge >= 0.3 is 0 Å². The van der Waals surface area contributed by atoms with Gasteiger partial charge in [-0.2, -0.15) is 0 Å². The average Bonchev–Trinajstić information content (AvgIpc) is 2.71. The van der Waals surface area contributed by atoms with Crippen LogP contribution in [0.1, 0.15) is 25.7 Å². The predicted octanol–water partition coefficient (Wildman–Crippen LogP) is 3.18. The molecule has 0 saturated carbocycles. The van der Waals surface area contributed by atoms with Crippen molar-refractivity contribution in [1.82, 2.24) is 0 Å². The van der Waals surface area contributed by atoms with E-state index in [0.717, 1.165) is 24.3 Å². The minimum absolute atomic E-state index is 0.820. The second-order valence-corrected chi connectivity index (χ2v) is 4.06. The zero-order chi connectivity index (χ0) is 10.5. The van der Waals surface area contributed by atoms with E-state index in [1.54, 1.807) is 5.57 Å². The lowest BCUT2D eigenvalue weighted by Crippen LogP contribution is -2.02. The fourth-order valence-electron chi connectivity index (χ4n) is 1.98. The molecule has 0 aromatic heterocycles. The number of hydrogen-bond acceptors (Lipinski definition) is 2. The minimum Gasteiger partial charge on any atom is -0.399 e. The maximum Gasteiger partial charge on any atom is 0.0360 e. The van der Waals surface area contributed by atoms with Gasteiger partial charge in [0.05, 0.1) is 0 Å². The molecule has 1 aromatic rings. The van der Waals surface area contributed by atoms with Gasteiger partial charge in [0.15, 0.2) is 0 Å². The van der Waals surface area contributed by atoms with Crippen molar-refractivity contribution < 1.29 is 0 Å². The molecule has 0 bridgehead atoms. The van der Waals surface area contributed by atoms with Gasteiger partial charge in [0.1, 0.15) is 0 Å². The fraction of sp³-hybridized carbons (Fsp3) is 0.385. The molecule has 15 heavy (non-hydrogen) atoms. The zero-order valence-corrected chi connectivity index (χ0v) is 9.00. The Kier molecular flexibility index (Phi) is 3.28. The summed E-state index contributed by atoms with van der Waals surface area (Å²) in [6.07, 6.45) is 7.44. The third-order valence-corrected chi connectivity index (χ3v) is 2.80. The molecule has 1 aliphatic carbocycles. The number of benzene rings is 1. The van der Waals surface area contributed by atoms with Crippen molar-refractivity contribution in [3.8, 4) is 0 Å². The molecule has 3 N–H and O–H groups in total. The van der Waals surface area contributed by atoms with Gasteiger partial charge in [0.25, 0.3) is 0 Å². The quantitative estimate of drug-likeness (QED) is 0.581. The zero-order valence-electron chi connectivity index (χ0n) is 9.00. The Hall–Kier alpha value is -1.44. The number of nitrogen functional groups attached to an aromatic ring is 1. The van der Waals surface area contributed by atoms with E-state index in [1.807, 2.05) is 18.2 Å². The van der Waals surface area contributed by atoms with E-state index >= 15 is 0 Å². The largest absolute Gasteiger partial charge is 0.399 e. The summed E-state index contributed by atoms with van der Waals surface area (Å²) < 4.78 is 0. The standard InChI is InChI=1S/C13H18N2/c14-12-6-3-7-13(10-12)15-9-8-11-4-1-2-5-11/h3-4,6-7,10,15H,1-2,5,8-9,14H2. The Morgan fingerprint density at radius 1 is 1.33 bits per heavy atom. The number of nitrogens with one attached hydrogen (secondary N) is 1. The lowest BCUT2D eigenvalue weighted by molar-refractivity contribution is 0.863. The molecule has 1 aromatic carbocycles. The van der Waals surface area contributed by atoms with Crippen LogP contribution in [0, 0.1) is 0 Å². The van der Waals surface area contributed by atoms with Gasteiger partial charge in [-0.1, -0.05) is 17.7 Å². The van der Waals surface area contributed by atoms with Crippen LogP contribution in [-0.2, 0) is 0 Å². The molecule has 0 unspecified atom stereocenters. The van der Waals surface area contributed by atoms with Gasteiger partial charge in [0, 0.05) is 17.9 Å². The first kappa shape index (κ1) is 10.1. The summed E-state index contributed by atoms with van der Waals surface area (Å²) in [5.41, 5.74) is 9.24. The van der Waals surface area contributed by atoms with Crippen molar-refractivity contribution >= 4 is 11.4 Å². The minimum atomic E-state index is 0.820. The Labute approximate surface area is 91.2 Å². The molecule has 0 aliphatic heterocycles. The van der Waals surface area contributed by atoms with E-state index in [1.165, 1.54) is 19.3 Å². The summed E-state index contributed by atoms with van der Waals surface area (Å²) >= 11 is 0. The third-order valence-electron chi connectivity index (χ3n) is 2.80. The molecule has 80 valence electrons. The summed E-state index contributed by atoms with van der Waals surface area (Å²) in [5, 5.41) is 3.39. The molecule has 2 rings (SSSR count). The van der Waals surface area contributed by atoms with E-state index in [2.05, 4.69) is 17.5 Å². The van der Waals surface area contributed by atoms with Crippen molar-refractivity contribution in [3.63, 3.8) is 0 Å². The second kappa shape index (κ2) is 4.87. The van der Waals surface area contributed by atoms with Gasteiger partial charge in [-0.05, 0) is 43.9 Å². The third kappa shape index (κ3) is 3.01. The first-order valence-corrected chi connectivity index (χ1v) is 5.62. The predicted molar refractivity (Wildman–Crippen MR) is 65.9 cm³/mol. The molecule has 0 saturated heterocycles. The Morgan fingerprint density at radius 3 is 3.00 bits per heavy atom. The van der Waals surface area contributed by atoms with Crippen LogP contribution in [-0.4, -0.2) is 6.54 Å². The summed E-state index contributed by atoms with van der Waals surface area (Å²) in [6.45, 7) is 1.01. The molecule has 2 heteroatoms. The van der Waals surface area contributed by atoms with Crippen molar-refractivity contribution in [3.05, 3.63) is 35.9 Å². The maximum atomic E-state index is 5.70. The van der Waals surface area contributed by atoms with Crippen LogP contribution in [0.2, 0.25) is 0 Å². The Bertz CT molecular complexity index is 355. The van der Waals surface area contributed by atoms with E-state index in [0.29, 0.717) is 0 Å². The van der Waals surface area contributed by atoms with Crippen LogP contribution in [0.15, 0.2) is 35.9 Å². The molecule has 0 radical (unpaired) electrons. The van der Waals surface area contributed by atoms with E-state index in [-0.39, 0.29) is 0 Å². The summed E-state index contributed by atoms with van der Waals surface area (Å²) in [6, 6.07) is 7.92. The average molecular weight is 202 g/mol. The molecule has 0 heterocycles. The first-order valence-electron chi connectivity index (χ1n) is 5.62. The van der Waals surface area contributed by atoms with Crippen molar-refractivity contribution in [2.45, 2.75) is 25.7 Å². The van der Waals surface area contributed by atoms with Gasteiger partial charge in [-0.3, -0.25) is 0 Å². The van der Waals surface area contributed by atoms with Crippen LogP contribution in [0.4, 0.5) is 11.4 Å². The highest BCUT2D eigenvalue weighted by Gasteiger charge is 2.03. The smallest absolute Gasteiger partial charge is 0.0360 e. The highest BCUT2D eigenvalue weighted by Crippen LogP contribution is 2.20. The van der Waals surface area contributed by atoms with Crippen molar-refractivity contribution in [2.75, 3.05) is 17.6 Å². The van der Waals surface area contributed by atoms with Crippen LogP contribution < -0.4 is 11.1 Å². The molecule has 1 aliphatic rings. The lowest BCUT2D eigenvalue weighted by Gasteiger charge is -2.07. The second-order valence-electron chi connectivity index (χ2n) is 4.06. The molecule has 0 spiro atoms. The van der Waals surface area contributed by atoms with Gasteiger partial charge in [0.2, 0.25) is 0 Å². The lowest BCUT2D eigenvalue weighted by atomic mass is 10.1. The first-order chi connectivity index (χ1) is 7.34. The van der Waals surface area contributed by atoms with Gasteiger partial charge in [-0.15, -0.1) is 0 Å². The maximum absolute atomic E-state index is 5.70. The number of anilines is 2. The topological polar surface area (TPSA) is 38.0 Å². The van der Waals surface area contributed by atoms with Crippen molar-refractivity contribution in [2.24, 2.45) is 0 Å². The highest BCUT2D eigenvalue weighted by molar-refractivity contribution is 5.54.